The molecule has 1 fully saturated rings. The largest absolute Gasteiger partial charge is 0.358 e. The van der Waals surface area contributed by atoms with E-state index in [2.05, 4.69) is 51.8 Å². The van der Waals surface area contributed by atoms with E-state index in [4.69, 9.17) is 0 Å². The average Bonchev–Trinajstić information content (AvgIpc) is 3.39. The molecule has 0 spiro atoms. The predicted molar refractivity (Wildman–Crippen MR) is 113 cm³/mol. The molecule has 154 valence electrons. The van der Waals surface area contributed by atoms with E-state index >= 15 is 0 Å². The van der Waals surface area contributed by atoms with Crippen molar-refractivity contribution in [2.75, 3.05) is 31.1 Å². The van der Waals surface area contributed by atoms with Crippen LogP contribution >= 0.6 is 11.3 Å². The minimum absolute atomic E-state index is 0.144. The van der Waals surface area contributed by atoms with E-state index in [9.17, 15) is 4.39 Å². The van der Waals surface area contributed by atoms with Gasteiger partial charge in [-0.25, -0.2) is 9.07 Å². The van der Waals surface area contributed by atoms with Crippen molar-refractivity contribution in [1.82, 2.24) is 20.2 Å². The maximum atomic E-state index is 14.2. The van der Waals surface area contributed by atoms with Crippen LogP contribution in [0.1, 0.15) is 37.0 Å². The Hall–Kier alpha value is -2.32. The Morgan fingerprint density at radius 2 is 1.93 bits per heavy atom. The molecule has 29 heavy (non-hydrogen) atoms. The highest BCUT2D eigenvalue weighted by molar-refractivity contribution is 7.09. The van der Waals surface area contributed by atoms with Crippen LogP contribution in [0.4, 0.5) is 10.1 Å². The second kappa shape index (κ2) is 9.00. The van der Waals surface area contributed by atoms with Gasteiger partial charge >= 0.3 is 0 Å². The summed E-state index contributed by atoms with van der Waals surface area (Å²) in [5.74, 6) is 1.36. The van der Waals surface area contributed by atoms with Gasteiger partial charge in [0.25, 0.3) is 0 Å². The van der Waals surface area contributed by atoms with Crippen molar-refractivity contribution in [1.29, 1.82) is 0 Å². The Balaban J connectivity index is 1.50. The van der Waals surface area contributed by atoms with Gasteiger partial charge in [-0.1, -0.05) is 32.0 Å². The number of nitrogens with one attached hydrogen (secondary N) is 1. The number of aromatic nitrogens is 4. The topological polar surface area (TPSA) is 51.3 Å². The van der Waals surface area contributed by atoms with Gasteiger partial charge in [0.1, 0.15) is 11.9 Å². The number of halogens is 1. The van der Waals surface area contributed by atoms with Crippen molar-refractivity contribution in [2.24, 2.45) is 5.92 Å². The normalized spacial score (nSPS) is 16.5. The second-order valence-electron chi connectivity index (χ2n) is 8.05. The van der Waals surface area contributed by atoms with Crippen LogP contribution < -0.4 is 9.80 Å². The van der Waals surface area contributed by atoms with E-state index in [1.807, 2.05) is 16.8 Å². The summed E-state index contributed by atoms with van der Waals surface area (Å²) in [5.41, 5.74) is 0.703. The van der Waals surface area contributed by atoms with Gasteiger partial charge < -0.3 is 9.80 Å². The number of benzene rings is 1. The molecule has 0 unspecified atom stereocenters. The van der Waals surface area contributed by atoms with Gasteiger partial charge in [-0.05, 0) is 39.9 Å². The van der Waals surface area contributed by atoms with E-state index in [1.165, 1.54) is 15.8 Å². The smallest absolute Gasteiger partial charge is 0.209 e. The van der Waals surface area contributed by atoms with E-state index in [1.54, 1.807) is 17.4 Å². The summed E-state index contributed by atoms with van der Waals surface area (Å²) in [6, 6.07) is 11.5. The lowest BCUT2D eigenvalue weighted by atomic mass is 10.0. The molecule has 0 radical (unpaired) electrons. The summed E-state index contributed by atoms with van der Waals surface area (Å²) >= 11 is 1.72. The summed E-state index contributed by atoms with van der Waals surface area (Å²) in [5, 5.41) is 14.8. The van der Waals surface area contributed by atoms with Crippen LogP contribution in [0, 0.1) is 11.7 Å². The number of quaternary nitrogens is 1. The van der Waals surface area contributed by atoms with E-state index in [0.29, 0.717) is 18.2 Å². The molecule has 1 aromatic carbocycles. The van der Waals surface area contributed by atoms with Crippen molar-refractivity contribution in [3.05, 3.63) is 58.3 Å². The highest BCUT2D eigenvalue weighted by Gasteiger charge is 2.33. The number of nitrogens with zero attached hydrogens (tertiary/aromatic N) is 5. The molecule has 4 rings (SSSR count). The molecule has 1 N–H and O–H groups in total. The first-order valence-corrected chi connectivity index (χ1v) is 11.1. The Kier molecular flexibility index (Phi) is 6.20. The summed E-state index contributed by atoms with van der Waals surface area (Å²) in [6.45, 7) is 8.75. The van der Waals surface area contributed by atoms with Crippen LogP contribution in [0.5, 0.6) is 0 Å². The van der Waals surface area contributed by atoms with E-state index in [-0.39, 0.29) is 11.9 Å². The average molecular weight is 416 g/mol. The summed E-state index contributed by atoms with van der Waals surface area (Å²) in [7, 11) is 0. The number of hydrogen-bond donors (Lipinski definition) is 1. The van der Waals surface area contributed by atoms with Crippen LogP contribution in [0.3, 0.4) is 0 Å². The fraction of sp³-hybridized carbons (Fsp3) is 0.476. The zero-order valence-corrected chi connectivity index (χ0v) is 17.8. The fourth-order valence-corrected chi connectivity index (χ4v) is 4.83. The number of piperazine rings is 1. The molecule has 6 nitrogen and oxygen atoms in total. The van der Waals surface area contributed by atoms with Crippen molar-refractivity contribution in [3.63, 3.8) is 0 Å². The first-order valence-electron chi connectivity index (χ1n) is 10.2. The molecule has 1 saturated heterocycles. The summed E-state index contributed by atoms with van der Waals surface area (Å²) in [6.07, 6.45) is 1.03. The first kappa shape index (κ1) is 20.0. The Bertz CT molecular complexity index is 902. The number of rotatable bonds is 7. The van der Waals surface area contributed by atoms with Crippen LogP contribution in [-0.4, -0.2) is 46.4 Å². The standard InChI is InChI=1S/C21H27FN6S/c1-16(2)14-20(21-23-24-25-28(21)15-17-6-5-13-29-17)27-11-9-26(10-12-27)19-8-4-3-7-18(19)22/h3-8,13,16,20H,9-12,14-15H2,1-2H3/p+1/t20-/m1/s1. The molecule has 0 bridgehead atoms. The Morgan fingerprint density at radius 3 is 2.62 bits per heavy atom. The molecule has 0 aliphatic carbocycles. The number of thiophene rings is 1. The van der Waals surface area contributed by atoms with Gasteiger partial charge in [-0.2, -0.15) is 0 Å². The zero-order valence-electron chi connectivity index (χ0n) is 17.0. The Morgan fingerprint density at radius 1 is 1.14 bits per heavy atom. The lowest BCUT2D eigenvalue weighted by Crippen LogP contribution is -3.15. The summed E-state index contributed by atoms with van der Waals surface area (Å²) < 4.78 is 16.1. The van der Waals surface area contributed by atoms with Crippen LogP contribution in [0.2, 0.25) is 0 Å². The van der Waals surface area contributed by atoms with Crippen LogP contribution in [0.25, 0.3) is 0 Å². The minimum atomic E-state index is -0.144. The molecule has 1 aliphatic rings. The highest BCUT2D eigenvalue weighted by Crippen LogP contribution is 2.21. The molecule has 8 heteroatoms. The van der Waals surface area contributed by atoms with Crippen LogP contribution in [-0.2, 0) is 6.54 Å². The van der Waals surface area contributed by atoms with E-state index in [0.717, 1.165) is 38.4 Å². The molecule has 0 saturated carbocycles. The van der Waals surface area contributed by atoms with Gasteiger partial charge in [-0.3, -0.25) is 0 Å². The van der Waals surface area contributed by atoms with Crippen molar-refractivity contribution in [3.8, 4) is 0 Å². The maximum Gasteiger partial charge on any atom is 0.209 e. The van der Waals surface area contributed by atoms with Gasteiger partial charge in [-0.15, -0.1) is 16.4 Å². The predicted octanol–water partition coefficient (Wildman–Crippen LogP) is 2.41. The Labute approximate surface area is 174 Å². The third kappa shape index (κ3) is 4.64. The molecule has 2 aromatic heterocycles. The van der Waals surface area contributed by atoms with Crippen molar-refractivity contribution in [2.45, 2.75) is 32.9 Å². The third-order valence-corrected chi connectivity index (χ3v) is 6.42. The monoisotopic (exact) mass is 415 g/mol. The second-order valence-corrected chi connectivity index (χ2v) is 9.09. The van der Waals surface area contributed by atoms with Crippen LogP contribution in [0.15, 0.2) is 41.8 Å². The van der Waals surface area contributed by atoms with Gasteiger partial charge in [0.2, 0.25) is 5.82 Å². The highest BCUT2D eigenvalue weighted by atomic mass is 32.1. The number of para-hydroxylation sites is 1. The van der Waals surface area contributed by atoms with E-state index < -0.39 is 0 Å². The maximum absolute atomic E-state index is 14.2. The number of anilines is 1. The summed E-state index contributed by atoms with van der Waals surface area (Å²) in [4.78, 5) is 4.88. The molecular formula is C21H28FN6S+. The van der Waals surface area contributed by atoms with Gasteiger partial charge in [0.15, 0.2) is 0 Å². The molecule has 3 heterocycles. The van der Waals surface area contributed by atoms with Gasteiger partial charge in [0, 0.05) is 11.3 Å². The lowest BCUT2D eigenvalue weighted by Gasteiger charge is -2.37. The fourth-order valence-electron chi connectivity index (χ4n) is 4.14. The molecular weight excluding hydrogens is 387 g/mol. The molecule has 3 aromatic rings. The van der Waals surface area contributed by atoms with Crippen molar-refractivity contribution >= 4 is 17.0 Å². The third-order valence-electron chi connectivity index (χ3n) is 5.56. The first-order chi connectivity index (χ1) is 14.1. The molecule has 1 aliphatic heterocycles. The minimum Gasteiger partial charge on any atom is -0.358 e. The zero-order chi connectivity index (χ0) is 20.2. The molecule has 1 atom stereocenters. The van der Waals surface area contributed by atoms with Gasteiger partial charge in [0.05, 0.1) is 38.4 Å². The SMILES string of the molecule is CC(C)C[C@H](c1nnnn1Cc1cccs1)[NH+]1CCN(c2ccccc2F)CC1. The number of hydrogen-bond acceptors (Lipinski definition) is 5. The van der Waals surface area contributed by atoms with Crippen molar-refractivity contribution < 1.29 is 9.29 Å². The lowest BCUT2D eigenvalue weighted by molar-refractivity contribution is -0.934. The molecule has 0 amide bonds. The number of tetrazole rings is 1. The quantitative estimate of drug-likeness (QED) is 0.644.